The molecule has 22 heavy (non-hydrogen) atoms. The third-order valence-electron chi connectivity index (χ3n) is 4.56. The number of nitriles is 1. The molecule has 0 aromatic heterocycles. The molecule has 2 aliphatic rings. The van der Waals surface area contributed by atoms with Crippen molar-refractivity contribution in [3.63, 3.8) is 0 Å². The molecule has 5 nitrogen and oxygen atoms in total. The lowest BCUT2D eigenvalue weighted by molar-refractivity contribution is 0.162. The first-order chi connectivity index (χ1) is 10.5. The highest BCUT2D eigenvalue weighted by molar-refractivity contribution is 5.95. The van der Waals surface area contributed by atoms with Gasteiger partial charge in [0.25, 0.3) is 0 Å². The van der Waals surface area contributed by atoms with E-state index in [0.29, 0.717) is 5.90 Å². The number of rotatable bonds is 3. The fourth-order valence-corrected chi connectivity index (χ4v) is 3.28. The van der Waals surface area contributed by atoms with Crippen LogP contribution in [0, 0.1) is 18.3 Å². The molecule has 116 valence electrons. The number of nitrogens with zero attached hydrogens (tertiary/aromatic N) is 2. The van der Waals surface area contributed by atoms with Crippen molar-refractivity contribution in [3.05, 3.63) is 34.9 Å². The maximum Gasteiger partial charge on any atom is 0.240 e. The standard InChI is InChI=1S/C17H22N4O/c1-11-7-13(16-21-20-15(22-16)12(2)19)9-14(8-11)17(10-18)5-3-4-6-17/h7-9,12,15,20H,3-6,19H2,1-2H3. The first kappa shape index (κ1) is 14.9. The Labute approximate surface area is 131 Å². The molecule has 0 radical (unpaired) electrons. The summed E-state index contributed by atoms with van der Waals surface area (Å²) in [5.41, 5.74) is 11.5. The molecule has 0 spiro atoms. The average Bonchev–Trinajstić information content (AvgIpc) is 3.17. The molecule has 1 aliphatic heterocycles. The van der Waals surface area contributed by atoms with Gasteiger partial charge in [-0.3, -0.25) is 5.43 Å². The van der Waals surface area contributed by atoms with E-state index < -0.39 is 0 Å². The number of hydrazone groups is 1. The third-order valence-corrected chi connectivity index (χ3v) is 4.56. The third kappa shape index (κ3) is 2.55. The summed E-state index contributed by atoms with van der Waals surface area (Å²) in [6, 6.07) is 8.60. The minimum absolute atomic E-state index is 0.147. The summed E-state index contributed by atoms with van der Waals surface area (Å²) in [5.74, 6) is 0.554. The molecule has 0 amide bonds. The van der Waals surface area contributed by atoms with Gasteiger partial charge in [0.2, 0.25) is 12.1 Å². The number of nitrogens with one attached hydrogen (secondary N) is 1. The van der Waals surface area contributed by atoms with Gasteiger partial charge in [-0.2, -0.15) is 5.26 Å². The molecule has 1 fully saturated rings. The molecule has 2 atom stereocenters. The monoisotopic (exact) mass is 298 g/mol. The van der Waals surface area contributed by atoms with Gasteiger partial charge in [0.1, 0.15) is 0 Å². The Morgan fingerprint density at radius 3 is 2.73 bits per heavy atom. The van der Waals surface area contributed by atoms with Crippen LogP contribution in [-0.4, -0.2) is 18.2 Å². The molecule has 0 saturated heterocycles. The fraction of sp³-hybridized carbons (Fsp3) is 0.529. The van der Waals surface area contributed by atoms with Crippen molar-refractivity contribution in [3.8, 4) is 6.07 Å². The van der Waals surface area contributed by atoms with Gasteiger partial charge in [0.05, 0.1) is 17.5 Å². The zero-order chi connectivity index (χ0) is 15.7. The van der Waals surface area contributed by atoms with E-state index in [9.17, 15) is 5.26 Å². The second-order valence-corrected chi connectivity index (χ2v) is 6.43. The normalized spacial score (nSPS) is 24.1. The molecule has 1 saturated carbocycles. The van der Waals surface area contributed by atoms with Crippen molar-refractivity contribution in [1.82, 2.24) is 5.43 Å². The van der Waals surface area contributed by atoms with Crippen LogP contribution in [0.3, 0.4) is 0 Å². The van der Waals surface area contributed by atoms with Gasteiger partial charge >= 0.3 is 0 Å². The largest absolute Gasteiger partial charge is 0.449 e. The summed E-state index contributed by atoms with van der Waals surface area (Å²) < 4.78 is 5.78. The lowest BCUT2D eigenvalue weighted by atomic mass is 9.79. The maximum atomic E-state index is 9.69. The summed E-state index contributed by atoms with van der Waals surface area (Å²) in [6.07, 6.45) is 3.79. The summed E-state index contributed by atoms with van der Waals surface area (Å²) >= 11 is 0. The predicted octanol–water partition coefficient (Wildman–Crippen LogP) is 2.29. The van der Waals surface area contributed by atoms with E-state index in [-0.39, 0.29) is 17.7 Å². The van der Waals surface area contributed by atoms with Gasteiger partial charge in [-0.05, 0) is 44.4 Å². The number of hydrogen-bond donors (Lipinski definition) is 2. The van der Waals surface area contributed by atoms with Crippen LogP contribution < -0.4 is 11.2 Å². The molecular weight excluding hydrogens is 276 g/mol. The second kappa shape index (κ2) is 5.62. The summed E-state index contributed by atoms with van der Waals surface area (Å²) in [4.78, 5) is 0. The molecule has 0 bridgehead atoms. The number of benzene rings is 1. The van der Waals surface area contributed by atoms with Crippen molar-refractivity contribution in [1.29, 1.82) is 5.26 Å². The lowest BCUT2D eigenvalue weighted by Gasteiger charge is -2.22. The van der Waals surface area contributed by atoms with Crippen LogP contribution in [0.25, 0.3) is 0 Å². The van der Waals surface area contributed by atoms with Gasteiger partial charge in [-0.1, -0.05) is 24.5 Å². The second-order valence-electron chi connectivity index (χ2n) is 6.43. The van der Waals surface area contributed by atoms with Crippen molar-refractivity contribution < 1.29 is 4.74 Å². The maximum absolute atomic E-state index is 9.69. The van der Waals surface area contributed by atoms with Crippen molar-refractivity contribution in [2.24, 2.45) is 10.8 Å². The van der Waals surface area contributed by atoms with Crippen LogP contribution in [0.5, 0.6) is 0 Å². The van der Waals surface area contributed by atoms with Gasteiger partial charge in [0, 0.05) is 5.56 Å². The van der Waals surface area contributed by atoms with Crippen LogP contribution in [-0.2, 0) is 10.2 Å². The Hall–Kier alpha value is -2.06. The highest BCUT2D eigenvalue weighted by Crippen LogP contribution is 2.41. The van der Waals surface area contributed by atoms with E-state index in [2.05, 4.69) is 22.7 Å². The smallest absolute Gasteiger partial charge is 0.240 e. The van der Waals surface area contributed by atoms with Crippen molar-refractivity contribution >= 4 is 5.90 Å². The highest BCUT2D eigenvalue weighted by atomic mass is 16.5. The number of ether oxygens (including phenoxy) is 1. The van der Waals surface area contributed by atoms with Crippen LogP contribution >= 0.6 is 0 Å². The highest BCUT2D eigenvalue weighted by Gasteiger charge is 2.36. The van der Waals surface area contributed by atoms with E-state index in [0.717, 1.165) is 42.4 Å². The first-order valence-electron chi connectivity index (χ1n) is 7.83. The molecule has 1 aliphatic carbocycles. The predicted molar refractivity (Wildman–Crippen MR) is 85.1 cm³/mol. The zero-order valence-electron chi connectivity index (χ0n) is 13.1. The summed E-state index contributed by atoms with van der Waals surface area (Å²) in [6.45, 7) is 3.92. The molecule has 1 aromatic rings. The van der Waals surface area contributed by atoms with Crippen LogP contribution in [0.4, 0.5) is 0 Å². The first-order valence-corrected chi connectivity index (χ1v) is 7.83. The molecule has 2 unspecified atom stereocenters. The summed E-state index contributed by atoms with van der Waals surface area (Å²) in [7, 11) is 0. The van der Waals surface area contributed by atoms with E-state index in [4.69, 9.17) is 10.5 Å². The van der Waals surface area contributed by atoms with Gasteiger partial charge in [-0.15, -0.1) is 5.10 Å². The fourth-order valence-electron chi connectivity index (χ4n) is 3.28. The lowest BCUT2D eigenvalue weighted by Crippen LogP contribution is -2.39. The number of aryl methyl sites for hydroxylation is 1. The minimum atomic E-state index is -0.353. The molecule has 1 aromatic carbocycles. The van der Waals surface area contributed by atoms with Crippen molar-refractivity contribution in [2.75, 3.05) is 0 Å². The molecule has 3 rings (SSSR count). The Morgan fingerprint density at radius 2 is 2.14 bits per heavy atom. The Kier molecular flexibility index (Phi) is 3.79. The van der Waals surface area contributed by atoms with Gasteiger partial charge < -0.3 is 10.5 Å². The van der Waals surface area contributed by atoms with Crippen LogP contribution in [0.15, 0.2) is 23.3 Å². The van der Waals surface area contributed by atoms with E-state index in [1.165, 1.54) is 0 Å². The van der Waals surface area contributed by atoms with Gasteiger partial charge in [-0.25, -0.2) is 0 Å². The van der Waals surface area contributed by atoms with Crippen molar-refractivity contribution in [2.45, 2.75) is 57.2 Å². The van der Waals surface area contributed by atoms with Gasteiger partial charge in [0.15, 0.2) is 0 Å². The minimum Gasteiger partial charge on any atom is -0.449 e. The number of nitrogens with two attached hydrogens (primary N) is 1. The quantitative estimate of drug-likeness (QED) is 0.896. The Morgan fingerprint density at radius 1 is 1.41 bits per heavy atom. The van der Waals surface area contributed by atoms with E-state index in [1.54, 1.807) is 0 Å². The summed E-state index contributed by atoms with van der Waals surface area (Å²) in [5, 5.41) is 13.9. The SMILES string of the molecule is Cc1cc(C2=NNC(C(C)N)O2)cc(C2(C#N)CCCC2)c1. The zero-order valence-corrected chi connectivity index (χ0v) is 13.1. The molecule has 1 heterocycles. The Bertz CT molecular complexity index is 639. The average molecular weight is 298 g/mol. The molecule has 5 heteroatoms. The molecular formula is C17H22N4O. The van der Waals surface area contributed by atoms with E-state index >= 15 is 0 Å². The topological polar surface area (TPSA) is 83.4 Å². The van der Waals surface area contributed by atoms with E-state index in [1.807, 2.05) is 26.0 Å². The Balaban J connectivity index is 1.93. The molecule has 3 N–H and O–H groups in total. The van der Waals surface area contributed by atoms with Crippen LogP contribution in [0.1, 0.15) is 49.3 Å². The van der Waals surface area contributed by atoms with Crippen LogP contribution in [0.2, 0.25) is 0 Å². The number of hydrogen-bond acceptors (Lipinski definition) is 5.